The molecule has 6 nitrogen and oxygen atoms in total. The van der Waals surface area contributed by atoms with Gasteiger partial charge in [0.25, 0.3) is 0 Å². The number of aryl methyl sites for hydroxylation is 1. The van der Waals surface area contributed by atoms with Crippen molar-refractivity contribution in [2.75, 3.05) is 7.11 Å². The topological polar surface area (TPSA) is 68.6 Å². The molecule has 7 heteroatoms. The van der Waals surface area contributed by atoms with Crippen molar-refractivity contribution in [3.8, 4) is 27.0 Å². The van der Waals surface area contributed by atoms with Gasteiger partial charge in [0.1, 0.15) is 16.3 Å². The van der Waals surface area contributed by atoms with Gasteiger partial charge in [-0.1, -0.05) is 19.1 Å². The molecule has 0 aliphatic heterocycles. The quantitative estimate of drug-likeness (QED) is 0.597. The normalized spacial score (nSPS) is 11.2. The first kappa shape index (κ1) is 14.9. The molecule has 0 unspecified atom stereocenters. The summed E-state index contributed by atoms with van der Waals surface area (Å²) in [6.45, 7) is 2.99. The second kappa shape index (κ2) is 6.09. The molecule has 0 bridgehead atoms. The minimum absolute atomic E-state index is 0.821. The Kier molecular flexibility index (Phi) is 3.78. The fourth-order valence-corrected chi connectivity index (χ4v) is 3.56. The predicted molar refractivity (Wildman–Crippen MR) is 95.3 cm³/mol. The van der Waals surface area contributed by atoms with Crippen LogP contribution in [0, 0.1) is 0 Å². The summed E-state index contributed by atoms with van der Waals surface area (Å²) in [7, 11) is 1.67. The molecule has 0 aliphatic carbocycles. The van der Waals surface area contributed by atoms with E-state index in [4.69, 9.17) is 9.72 Å². The third-order valence-corrected chi connectivity index (χ3v) is 4.83. The summed E-state index contributed by atoms with van der Waals surface area (Å²) in [5.41, 5.74) is 2.83. The molecule has 4 aromatic rings. The van der Waals surface area contributed by atoms with Crippen LogP contribution >= 0.6 is 11.3 Å². The molecule has 0 spiro atoms. The Morgan fingerprint density at radius 1 is 1.25 bits per heavy atom. The van der Waals surface area contributed by atoms with E-state index in [0.29, 0.717) is 0 Å². The van der Waals surface area contributed by atoms with Crippen molar-refractivity contribution in [3.63, 3.8) is 0 Å². The van der Waals surface area contributed by atoms with Crippen molar-refractivity contribution < 1.29 is 4.74 Å². The van der Waals surface area contributed by atoms with Crippen LogP contribution in [0.3, 0.4) is 0 Å². The SMILES string of the molecule is CCCn1ncc2[nH]c(-c3cnc(-c4ccccc4OC)s3)nc21. The summed E-state index contributed by atoms with van der Waals surface area (Å²) >= 11 is 1.59. The molecular weight excluding hydrogens is 322 g/mol. The minimum Gasteiger partial charge on any atom is -0.496 e. The molecular formula is C17H17N5OS. The summed E-state index contributed by atoms with van der Waals surface area (Å²) in [4.78, 5) is 13.6. The standard InChI is InChI=1S/C17H17N5OS/c1-3-8-22-16-12(9-19-22)20-15(21-16)14-10-18-17(24-14)11-6-4-5-7-13(11)23-2/h4-7,9-10H,3,8H2,1-2H3,(H,20,21). The van der Waals surface area contributed by atoms with Crippen molar-refractivity contribution in [2.45, 2.75) is 19.9 Å². The Balaban J connectivity index is 1.72. The third-order valence-electron chi connectivity index (χ3n) is 3.79. The summed E-state index contributed by atoms with van der Waals surface area (Å²) in [5, 5.41) is 5.26. The lowest BCUT2D eigenvalue weighted by atomic mass is 10.2. The monoisotopic (exact) mass is 339 g/mol. The number of nitrogens with one attached hydrogen (secondary N) is 1. The average Bonchev–Trinajstić information content (AvgIpc) is 3.31. The van der Waals surface area contributed by atoms with E-state index in [2.05, 4.69) is 22.0 Å². The lowest BCUT2D eigenvalue weighted by Gasteiger charge is -2.04. The lowest BCUT2D eigenvalue weighted by Crippen LogP contribution is -1.98. The van der Waals surface area contributed by atoms with E-state index in [1.807, 2.05) is 41.3 Å². The maximum Gasteiger partial charge on any atom is 0.176 e. The van der Waals surface area contributed by atoms with Crippen molar-refractivity contribution in [1.82, 2.24) is 24.7 Å². The molecule has 0 aliphatic rings. The molecule has 0 saturated heterocycles. The zero-order chi connectivity index (χ0) is 16.5. The Hall–Kier alpha value is -2.67. The first-order valence-electron chi connectivity index (χ1n) is 7.81. The van der Waals surface area contributed by atoms with Crippen molar-refractivity contribution >= 4 is 22.5 Å². The van der Waals surface area contributed by atoms with Crippen LogP contribution in [0.2, 0.25) is 0 Å². The second-order valence-electron chi connectivity index (χ2n) is 5.42. The molecule has 3 aromatic heterocycles. The van der Waals surface area contributed by atoms with Gasteiger partial charge in [0.15, 0.2) is 11.5 Å². The predicted octanol–water partition coefficient (Wildman–Crippen LogP) is 3.97. The molecule has 1 aromatic carbocycles. The number of hydrogen-bond donors (Lipinski definition) is 1. The number of thiazole rings is 1. The van der Waals surface area contributed by atoms with Crippen molar-refractivity contribution in [2.24, 2.45) is 0 Å². The largest absolute Gasteiger partial charge is 0.496 e. The molecule has 3 heterocycles. The van der Waals surface area contributed by atoms with Crippen LogP contribution in [-0.4, -0.2) is 31.8 Å². The van der Waals surface area contributed by atoms with Crippen LogP contribution in [0.4, 0.5) is 0 Å². The van der Waals surface area contributed by atoms with Gasteiger partial charge < -0.3 is 9.72 Å². The maximum atomic E-state index is 5.42. The number of benzene rings is 1. The maximum absolute atomic E-state index is 5.42. The summed E-state index contributed by atoms with van der Waals surface area (Å²) in [6.07, 6.45) is 4.70. The highest BCUT2D eigenvalue weighted by Crippen LogP contribution is 2.36. The molecule has 0 amide bonds. The lowest BCUT2D eigenvalue weighted by molar-refractivity contribution is 0.416. The van der Waals surface area contributed by atoms with Gasteiger partial charge in [0.2, 0.25) is 0 Å². The fourth-order valence-electron chi connectivity index (χ4n) is 2.67. The zero-order valence-corrected chi connectivity index (χ0v) is 14.3. The number of hydrogen-bond acceptors (Lipinski definition) is 5. The van der Waals surface area contributed by atoms with Gasteiger partial charge in [-0.3, -0.25) is 0 Å². The Morgan fingerprint density at radius 2 is 2.12 bits per heavy atom. The van der Waals surface area contributed by atoms with E-state index in [9.17, 15) is 0 Å². The third kappa shape index (κ3) is 2.46. The summed E-state index contributed by atoms with van der Waals surface area (Å²) in [6, 6.07) is 7.89. The molecule has 24 heavy (non-hydrogen) atoms. The van der Waals surface area contributed by atoms with Gasteiger partial charge in [-0.15, -0.1) is 11.3 Å². The number of rotatable bonds is 5. The molecule has 1 N–H and O–H groups in total. The van der Waals surface area contributed by atoms with Crippen LogP contribution in [0.5, 0.6) is 5.75 Å². The van der Waals surface area contributed by atoms with Crippen LogP contribution in [-0.2, 0) is 6.54 Å². The first-order chi connectivity index (χ1) is 11.8. The molecule has 0 saturated carbocycles. The average molecular weight is 339 g/mol. The number of imidazole rings is 1. The number of H-pyrrole nitrogens is 1. The number of para-hydroxylation sites is 1. The van der Waals surface area contributed by atoms with E-state index in [0.717, 1.165) is 51.2 Å². The van der Waals surface area contributed by atoms with Gasteiger partial charge in [0, 0.05) is 12.7 Å². The molecule has 0 atom stereocenters. The molecule has 0 fully saturated rings. The highest BCUT2D eigenvalue weighted by molar-refractivity contribution is 7.18. The fraction of sp³-hybridized carbons (Fsp3) is 0.235. The minimum atomic E-state index is 0.821. The molecule has 0 radical (unpaired) electrons. The Labute approximate surface area is 143 Å². The van der Waals surface area contributed by atoms with Gasteiger partial charge in [0.05, 0.1) is 23.7 Å². The number of methoxy groups -OCH3 is 1. The van der Waals surface area contributed by atoms with Crippen LogP contribution in [0.25, 0.3) is 32.4 Å². The highest BCUT2D eigenvalue weighted by Gasteiger charge is 2.15. The second-order valence-corrected chi connectivity index (χ2v) is 6.45. The van der Waals surface area contributed by atoms with Gasteiger partial charge in [-0.25, -0.2) is 14.6 Å². The van der Waals surface area contributed by atoms with Crippen molar-refractivity contribution in [1.29, 1.82) is 0 Å². The van der Waals surface area contributed by atoms with E-state index in [-0.39, 0.29) is 0 Å². The summed E-state index contributed by atoms with van der Waals surface area (Å²) in [5.74, 6) is 1.65. The number of aromatic amines is 1. The van der Waals surface area contributed by atoms with Gasteiger partial charge >= 0.3 is 0 Å². The smallest absolute Gasteiger partial charge is 0.176 e. The van der Waals surface area contributed by atoms with E-state index in [1.165, 1.54) is 0 Å². The van der Waals surface area contributed by atoms with Crippen LogP contribution < -0.4 is 4.74 Å². The zero-order valence-electron chi connectivity index (χ0n) is 13.5. The van der Waals surface area contributed by atoms with Crippen LogP contribution in [0.15, 0.2) is 36.7 Å². The number of fused-ring (bicyclic) bond motifs is 1. The van der Waals surface area contributed by atoms with Gasteiger partial charge in [-0.2, -0.15) is 5.10 Å². The Morgan fingerprint density at radius 3 is 2.96 bits per heavy atom. The summed E-state index contributed by atoms with van der Waals surface area (Å²) < 4.78 is 7.35. The van der Waals surface area contributed by atoms with E-state index < -0.39 is 0 Å². The van der Waals surface area contributed by atoms with Crippen LogP contribution in [0.1, 0.15) is 13.3 Å². The van der Waals surface area contributed by atoms with E-state index >= 15 is 0 Å². The van der Waals surface area contributed by atoms with Gasteiger partial charge in [-0.05, 0) is 18.6 Å². The number of ether oxygens (including phenoxy) is 1. The first-order valence-corrected chi connectivity index (χ1v) is 8.63. The number of nitrogens with zero attached hydrogens (tertiary/aromatic N) is 4. The van der Waals surface area contributed by atoms with Crippen molar-refractivity contribution in [3.05, 3.63) is 36.7 Å². The number of aromatic nitrogens is 5. The van der Waals surface area contributed by atoms with E-state index in [1.54, 1.807) is 18.4 Å². The Bertz CT molecular complexity index is 984. The highest BCUT2D eigenvalue weighted by atomic mass is 32.1. The molecule has 122 valence electrons. The molecule has 4 rings (SSSR count).